The van der Waals surface area contributed by atoms with Gasteiger partial charge in [-0.15, -0.1) is 0 Å². The maximum atomic E-state index is 12.7. The van der Waals surface area contributed by atoms with Gasteiger partial charge in [-0.2, -0.15) is 0 Å². The summed E-state index contributed by atoms with van der Waals surface area (Å²) < 4.78 is 15.8. The Labute approximate surface area is 161 Å². The molecule has 0 unspecified atom stereocenters. The third kappa shape index (κ3) is 3.53. The summed E-state index contributed by atoms with van der Waals surface area (Å²) in [6.07, 6.45) is -0.135. The van der Waals surface area contributed by atoms with Gasteiger partial charge in [-0.25, -0.2) is 9.61 Å². The molecule has 9 heteroatoms. The van der Waals surface area contributed by atoms with E-state index >= 15 is 0 Å². The molecule has 0 aromatic carbocycles. The molecule has 1 aliphatic heterocycles. The number of morpholine rings is 1. The fourth-order valence-electron chi connectivity index (χ4n) is 3.34. The van der Waals surface area contributed by atoms with Crippen LogP contribution in [-0.2, 0) is 16.0 Å². The summed E-state index contributed by atoms with van der Waals surface area (Å²) in [5.74, 6) is 0.689. The lowest BCUT2D eigenvalue weighted by molar-refractivity contribution is -0.138. The van der Waals surface area contributed by atoms with Crippen molar-refractivity contribution in [2.45, 2.75) is 33.3 Å². The molecule has 0 spiro atoms. The van der Waals surface area contributed by atoms with E-state index in [1.807, 2.05) is 32.0 Å². The first kappa shape index (κ1) is 18.3. The third-order valence-corrected chi connectivity index (χ3v) is 4.87. The Morgan fingerprint density at radius 1 is 1.18 bits per heavy atom. The van der Waals surface area contributed by atoms with Crippen molar-refractivity contribution >= 4 is 5.91 Å². The summed E-state index contributed by atoms with van der Waals surface area (Å²) in [4.78, 5) is 19.2. The Morgan fingerprint density at radius 3 is 2.75 bits per heavy atom. The number of aryl methyl sites for hydroxylation is 3. The van der Waals surface area contributed by atoms with Gasteiger partial charge in [0.2, 0.25) is 5.91 Å². The lowest BCUT2D eigenvalue weighted by atomic mass is 10.1. The van der Waals surface area contributed by atoms with Crippen molar-refractivity contribution in [3.05, 3.63) is 46.7 Å². The highest BCUT2D eigenvalue weighted by Crippen LogP contribution is 2.28. The maximum Gasteiger partial charge on any atom is 0.228 e. The van der Waals surface area contributed by atoms with Crippen molar-refractivity contribution in [2.75, 3.05) is 19.7 Å². The molecule has 0 radical (unpaired) electrons. The predicted molar refractivity (Wildman–Crippen MR) is 97.2 cm³/mol. The summed E-state index contributed by atoms with van der Waals surface area (Å²) in [6.45, 7) is 6.93. The highest BCUT2D eigenvalue weighted by molar-refractivity contribution is 5.78. The van der Waals surface area contributed by atoms with Crippen LogP contribution < -0.4 is 0 Å². The summed E-state index contributed by atoms with van der Waals surface area (Å²) in [5, 5.41) is 11.5. The Hall–Kier alpha value is -3.07. The molecule has 1 fully saturated rings. The predicted octanol–water partition coefficient (Wildman–Crippen LogP) is 2.19. The van der Waals surface area contributed by atoms with Crippen molar-refractivity contribution in [1.29, 1.82) is 0 Å². The molecule has 1 aliphatic rings. The minimum atomic E-state index is -0.297. The zero-order chi connectivity index (χ0) is 19.7. The van der Waals surface area contributed by atoms with Crippen molar-refractivity contribution in [2.24, 2.45) is 0 Å². The van der Waals surface area contributed by atoms with Gasteiger partial charge in [0.25, 0.3) is 0 Å². The van der Waals surface area contributed by atoms with E-state index in [2.05, 4.69) is 20.1 Å². The molecule has 28 heavy (non-hydrogen) atoms. The molecule has 1 amide bonds. The topological polar surface area (TPSA) is 107 Å². The van der Waals surface area contributed by atoms with Crippen LogP contribution in [0.1, 0.15) is 34.6 Å². The van der Waals surface area contributed by atoms with Crippen LogP contribution in [0.3, 0.4) is 0 Å². The van der Waals surface area contributed by atoms with Crippen LogP contribution in [0.25, 0.3) is 11.3 Å². The molecule has 3 aromatic heterocycles. The number of hydrogen-bond acceptors (Lipinski definition) is 8. The number of carbonyl (C=O) groups is 1. The maximum absolute atomic E-state index is 12.7. The van der Waals surface area contributed by atoms with E-state index in [0.29, 0.717) is 31.1 Å². The van der Waals surface area contributed by atoms with Crippen molar-refractivity contribution in [1.82, 2.24) is 25.4 Å². The van der Waals surface area contributed by atoms with Gasteiger partial charge in [-0.1, -0.05) is 21.5 Å². The molecule has 0 saturated carbocycles. The monoisotopic (exact) mass is 383 g/mol. The van der Waals surface area contributed by atoms with Crippen molar-refractivity contribution < 1.29 is 18.7 Å². The van der Waals surface area contributed by atoms with Gasteiger partial charge in [-0.05, 0) is 32.9 Å². The molecule has 9 nitrogen and oxygen atoms in total. The number of pyridine rings is 1. The quantitative estimate of drug-likeness (QED) is 0.675. The van der Waals surface area contributed by atoms with E-state index in [-0.39, 0.29) is 18.4 Å². The van der Waals surface area contributed by atoms with E-state index in [0.717, 1.165) is 28.4 Å². The summed E-state index contributed by atoms with van der Waals surface area (Å²) in [7, 11) is 0. The van der Waals surface area contributed by atoms with E-state index in [1.165, 1.54) is 0 Å². The highest BCUT2D eigenvalue weighted by atomic mass is 16.6. The number of aromatic nitrogens is 4. The minimum Gasteiger partial charge on any atom is -0.368 e. The molecular formula is C19H21N5O4. The number of carbonyl (C=O) groups excluding carboxylic acids is 1. The van der Waals surface area contributed by atoms with Crippen LogP contribution in [0.15, 0.2) is 27.4 Å². The third-order valence-electron chi connectivity index (χ3n) is 4.87. The van der Waals surface area contributed by atoms with Crippen molar-refractivity contribution in [3.8, 4) is 11.3 Å². The standard InChI is InChI=1S/C19H21N5O4/c1-11-16(23-28-22-11)9-18(25)24-7-8-26-17(10-24)14-5-4-6-15(20-14)19-12(2)21-27-13(19)3/h4-6,17H,7-10H2,1-3H3/t17-/m1/s1. The molecule has 0 N–H and O–H groups in total. The molecular weight excluding hydrogens is 362 g/mol. The van der Waals surface area contributed by atoms with Gasteiger partial charge in [0, 0.05) is 6.54 Å². The number of amides is 1. The molecule has 0 aliphatic carbocycles. The van der Waals surface area contributed by atoms with Gasteiger partial charge in [-0.3, -0.25) is 4.79 Å². The Kier molecular flexibility index (Phi) is 4.91. The van der Waals surface area contributed by atoms with Crippen LogP contribution in [0.5, 0.6) is 0 Å². The van der Waals surface area contributed by atoms with Crippen molar-refractivity contribution in [3.63, 3.8) is 0 Å². The lowest BCUT2D eigenvalue weighted by Gasteiger charge is -2.32. The minimum absolute atomic E-state index is 0.0334. The van der Waals surface area contributed by atoms with Gasteiger partial charge < -0.3 is 14.2 Å². The average molecular weight is 383 g/mol. The molecule has 1 atom stereocenters. The highest BCUT2D eigenvalue weighted by Gasteiger charge is 2.28. The molecule has 4 rings (SSSR count). The van der Waals surface area contributed by atoms with Gasteiger partial charge in [0.05, 0.1) is 42.2 Å². The molecule has 3 aromatic rings. The zero-order valence-electron chi connectivity index (χ0n) is 16.0. The number of hydrogen-bond donors (Lipinski definition) is 0. The number of rotatable bonds is 4. The summed E-state index contributed by atoms with van der Waals surface area (Å²) >= 11 is 0. The van der Waals surface area contributed by atoms with Gasteiger partial charge >= 0.3 is 0 Å². The number of ether oxygens (including phenoxy) is 1. The normalized spacial score (nSPS) is 17.1. The second-order valence-corrected chi connectivity index (χ2v) is 6.82. The van der Waals surface area contributed by atoms with Gasteiger partial charge in [0.15, 0.2) is 0 Å². The Balaban J connectivity index is 1.51. The average Bonchev–Trinajstić information content (AvgIpc) is 3.26. The van der Waals surface area contributed by atoms with Gasteiger partial charge in [0.1, 0.15) is 23.3 Å². The first-order valence-corrected chi connectivity index (χ1v) is 9.10. The molecule has 146 valence electrons. The second kappa shape index (κ2) is 7.51. The van der Waals surface area contributed by atoms with Crippen LogP contribution in [-0.4, -0.2) is 51.0 Å². The largest absolute Gasteiger partial charge is 0.368 e. The summed E-state index contributed by atoms with van der Waals surface area (Å²) in [6, 6.07) is 5.76. The van der Waals surface area contributed by atoms with E-state index in [9.17, 15) is 4.79 Å². The first-order valence-electron chi connectivity index (χ1n) is 9.10. The molecule has 0 bridgehead atoms. The lowest BCUT2D eigenvalue weighted by Crippen LogP contribution is -2.43. The molecule has 1 saturated heterocycles. The first-order chi connectivity index (χ1) is 13.5. The Morgan fingerprint density at radius 2 is 2.04 bits per heavy atom. The molecule has 4 heterocycles. The van der Waals surface area contributed by atoms with Crippen LogP contribution >= 0.6 is 0 Å². The van der Waals surface area contributed by atoms with Crippen LogP contribution in [0.4, 0.5) is 0 Å². The zero-order valence-corrected chi connectivity index (χ0v) is 16.0. The fourth-order valence-corrected chi connectivity index (χ4v) is 3.34. The smallest absolute Gasteiger partial charge is 0.228 e. The Bertz CT molecular complexity index is 976. The number of nitrogens with zero attached hydrogens (tertiary/aromatic N) is 5. The summed E-state index contributed by atoms with van der Waals surface area (Å²) in [5.41, 5.74) is 4.43. The van der Waals surface area contributed by atoms with Crippen LogP contribution in [0, 0.1) is 20.8 Å². The van der Waals surface area contributed by atoms with Crippen LogP contribution in [0.2, 0.25) is 0 Å². The second-order valence-electron chi connectivity index (χ2n) is 6.82. The van der Waals surface area contributed by atoms with E-state index in [4.69, 9.17) is 14.2 Å². The van der Waals surface area contributed by atoms with E-state index in [1.54, 1.807) is 11.8 Å². The fraction of sp³-hybridized carbons (Fsp3) is 0.421. The van der Waals surface area contributed by atoms with E-state index < -0.39 is 0 Å². The SMILES string of the molecule is Cc1nonc1CC(=O)N1CCO[C@@H](c2cccc(-c3c(C)noc3C)n2)C1.